The molecule has 0 saturated carbocycles. The fourth-order valence-electron chi connectivity index (χ4n) is 3.68. The van der Waals surface area contributed by atoms with E-state index in [9.17, 15) is 22.4 Å². The summed E-state index contributed by atoms with van der Waals surface area (Å²) in [6.07, 6.45) is 1.68. The van der Waals surface area contributed by atoms with Crippen LogP contribution in [0, 0.1) is 5.82 Å². The first-order valence-electron chi connectivity index (χ1n) is 9.12. The SMILES string of the molecule is CC(=O)NC[C@H]1COC(=O)N1c1ccc(C2CCN(S(C)(=O)=O)CC2)c(F)c1. The third-order valence-corrected chi connectivity index (χ3v) is 6.48. The molecule has 1 N–H and O–H groups in total. The van der Waals surface area contributed by atoms with Crippen LogP contribution in [-0.2, 0) is 19.6 Å². The number of amides is 2. The second kappa shape index (κ2) is 8.04. The largest absolute Gasteiger partial charge is 0.447 e. The minimum absolute atomic E-state index is 0.0762. The van der Waals surface area contributed by atoms with Crippen LogP contribution in [0.1, 0.15) is 31.2 Å². The zero-order chi connectivity index (χ0) is 20.5. The summed E-state index contributed by atoms with van der Waals surface area (Å²) >= 11 is 0. The van der Waals surface area contributed by atoms with E-state index in [0.29, 0.717) is 37.2 Å². The first-order valence-corrected chi connectivity index (χ1v) is 11.0. The van der Waals surface area contributed by atoms with Crippen LogP contribution in [0.5, 0.6) is 0 Å². The number of rotatable bonds is 5. The molecule has 2 saturated heterocycles. The van der Waals surface area contributed by atoms with Gasteiger partial charge in [0.25, 0.3) is 0 Å². The molecule has 2 aliphatic heterocycles. The highest BCUT2D eigenvalue weighted by atomic mass is 32.2. The average molecular weight is 413 g/mol. The lowest BCUT2D eigenvalue weighted by atomic mass is 9.89. The van der Waals surface area contributed by atoms with Crippen molar-refractivity contribution in [3.8, 4) is 0 Å². The number of ether oxygens (including phenoxy) is 1. The summed E-state index contributed by atoms with van der Waals surface area (Å²) in [4.78, 5) is 24.5. The number of benzene rings is 1. The van der Waals surface area contributed by atoms with Gasteiger partial charge >= 0.3 is 6.09 Å². The Morgan fingerprint density at radius 2 is 2.00 bits per heavy atom. The highest BCUT2D eigenvalue weighted by Crippen LogP contribution is 2.33. The number of halogens is 1. The Morgan fingerprint density at radius 1 is 1.32 bits per heavy atom. The van der Waals surface area contributed by atoms with Crippen LogP contribution in [0.2, 0.25) is 0 Å². The number of nitrogens with zero attached hydrogens (tertiary/aromatic N) is 2. The number of nitrogens with one attached hydrogen (secondary N) is 1. The molecule has 0 unspecified atom stereocenters. The molecule has 10 heteroatoms. The minimum Gasteiger partial charge on any atom is -0.447 e. The fourth-order valence-corrected chi connectivity index (χ4v) is 4.56. The van der Waals surface area contributed by atoms with Gasteiger partial charge in [0.2, 0.25) is 15.9 Å². The van der Waals surface area contributed by atoms with Crippen molar-refractivity contribution in [2.24, 2.45) is 0 Å². The zero-order valence-corrected chi connectivity index (χ0v) is 16.7. The van der Waals surface area contributed by atoms with Crippen LogP contribution >= 0.6 is 0 Å². The predicted octanol–water partition coefficient (Wildman–Crippen LogP) is 1.43. The maximum Gasteiger partial charge on any atom is 0.414 e. The molecular weight excluding hydrogens is 389 g/mol. The summed E-state index contributed by atoms with van der Waals surface area (Å²) in [6.45, 7) is 2.44. The molecule has 3 rings (SSSR count). The van der Waals surface area contributed by atoms with Crippen molar-refractivity contribution >= 4 is 27.7 Å². The quantitative estimate of drug-likeness (QED) is 0.788. The van der Waals surface area contributed by atoms with E-state index in [1.54, 1.807) is 12.1 Å². The molecular formula is C18H24FN3O5S. The third-order valence-electron chi connectivity index (χ3n) is 5.17. The lowest BCUT2D eigenvalue weighted by Crippen LogP contribution is -2.42. The van der Waals surface area contributed by atoms with E-state index in [2.05, 4.69) is 5.32 Å². The summed E-state index contributed by atoms with van der Waals surface area (Å²) in [5, 5.41) is 2.64. The second-order valence-corrected chi connectivity index (χ2v) is 9.16. The zero-order valence-electron chi connectivity index (χ0n) is 15.9. The molecule has 0 radical (unpaired) electrons. The third kappa shape index (κ3) is 4.44. The van der Waals surface area contributed by atoms with Gasteiger partial charge in [0, 0.05) is 26.6 Å². The molecule has 1 aromatic carbocycles. The van der Waals surface area contributed by atoms with Gasteiger partial charge in [-0.05, 0) is 36.5 Å². The maximum absolute atomic E-state index is 14.8. The number of hydrogen-bond acceptors (Lipinski definition) is 5. The topological polar surface area (TPSA) is 96.0 Å². The first-order chi connectivity index (χ1) is 13.2. The van der Waals surface area contributed by atoms with E-state index >= 15 is 0 Å². The van der Waals surface area contributed by atoms with Gasteiger partial charge in [-0.1, -0.05) is 6.07 Å². The van der Waals surface area contributed by atoms with Gasteiger partial charge in [-0.3, -0.25) is 9.69 Å². The molecule has 1 atom stereocenters. The van der Waals surface area contributed by atoms with Crippen LogP contribution in [0.15, 0.2) is 18.2 Å². The van der Waals surface area contributed by atoms with Crippen molar-refractivity contribution in [2.75, 3.05) is 37.4 Å². The number of anilines is 1. The summed E-state index contributed by atoms with van der Waals surface area (Å²) in [5.74, 6) is -0.734. The van der Waals surface area contributed by atoms with Crippen molar-refractivity contribution in [1.82, 2.24) is 9.62 Å². The Balaban J connectivity index is 1.73. The number of sulfonamides is 1. The number of carbonyl (C=O) groups excluding carboxylic acids is 2. The standard InChI is InChI=1S/C18H24FN3O5S/c1-12(23)20-10-15-11-27-18(24)22(15)14-3-4-16(17(19)9-14)13-5-7-21(8-6-13)28(2,25)26/h3-4,9,13,15H,5-8,10-11H2,1-2H3,(H,20,23)/t15-/m0/s1. The van der Waals surface area contributed by atoms with Crippen molar-refractivity contribution in [1.29, 1.82) is 0 Å². The van der Waals surface area contributed by atoms with E-state index in [1.165, 1.54) is 28.5 Å². The van der Waals surface area contributed by atoms with Gasteiger partial charge in [0.15, 0.2) is 0 Å². The number of carbonyl (C=O) groups is 2. The molecule has 2 fully saturated rings. The highest BCUT2D eigenvalue weighted by molar-refractivity contribution is 7.88. The van der Waals surface area contributed by atoms with Crippen molar-refractivity contribution in [3.63, 3.8) is 0 Å². The summed E-state index contributed by atoms with van der Waals surface area (Å²) in [7, 11) is -3.23. The smallest absolute Gasteiger partial charge is 0.414 e. The molecule has 2 amide bonds. The van der Waals surface area contributed by atoms with E-state index in [1.807, 2.05) is 0 Å². The van der Waals surface area contributed by atoms with Gasteiger partial charge in [-0.2, -0.15) is 0 Å². The molecule has 28 heavy (non-hydrogen) atoms. The monoisotopic (exact) mass is 413 g/mol. The van der Waals surface area contributed by atoms with Crippen LogP contribution in [0.3, 0.4) is 0 Å². The Labute approximate surface area is 163 Å². The molecule has 1 aromatic rings. The van der Waals surface area contributed by atoms with Crippen molar-refractivity contribution in [2.45, 2.75) is 31.7 Å². The molecule has 2 heterocycles. The number of piperidine rings is 1. The van der Waals surface area contributed by atoms with Crippen LogP contribution in [-0.4, -0.2) is 63.3 Å². The van der Waals surface area contributed by atoms with Crippen molar-refractivity contribution in [3.05, 3.63) is 29.6 Å². The molecule has 0 bridgehead atoms. The maximum atomic E-state index is 14.8. The Kier molecular flexibility index (Phi) is 5.90. The highest BCUT2D eigenvalue weighted by Gasteiger charge is 2.35. The summed E-state index contributed by atoms with van der Waals surface area (Å²) in [6, 6.07) is 4.20. The lowest BCUT2D eigenvalue weighted by molar-refractivity contribution is -0.119. The lowest BCUT2D eigenvalue weighted by Gasteiger charge is -2.31. The minimum atomic E-state index is -3.23. The average Bonchev–Trinajstić information content (AvgIpc) is 3.00. The van der Waals surface area contributed by atoms with E-state index < -0.39 is 28.0 Å². The normalized spacial score (nSPS) is 21.6. The molecule has 0 spiro atoms. The first kappa shape index (κ1) is 20.5. The van der Waals surface area contributed by atoms with Gasteiger partial charge in [0.05, 0.1) is 18.0 Å². The molecule has 2 aliphatic rings. The Hall–Kier alpha value is -2.20. The van der Waals surface area contributed by atoms with Gasteiger partial charge < -0.3 is 10.1 Å². The number of hydrogen-bond donors (Lipinski definition) is 1. The van der Waals surface area contributed by atoms with E-state index in [-0.39, 0.29) is 25.0 Å². The van der Waals surface area contributed by atoms with Crippen LogP contribution < -0.4 is 10.2 Å². The molecule has 0 aromatic heterocycles. The van der Waals surface area contributed by atoms with Gasteiger partial charge in [-0.25, -0.2) is 21.9 Å². The van der Waals surface area contributed by atoms with Crippen LogP contribution in [0.25, 0.3) is 0 Å². The second-order valence-electron chi connectivity index (χ2n) is 7.18. The number of cyclic esters (lactones) is 1. The molecule has 154 valence electrons. The molecule has 8 nitrogen and oxygen atoms in total. The van der Waals surface area contributed by atoms with Gasteiger partial charge in [-0.15, -0.1) is 0 Å². The van der Waals surface area contributed by atoms with Gasteiger partial charge in [0.1, 0.15) is 12.4 Å². The van der Waals surface area contributed by atoms with E-state index in [0.717, 1.165) is 0 Å². The Morgan fingerprint density at radius 3 is 2.57 bits per heavy atom. The predicted molar refractivity (Wildman–Crippen MR) is 101 cm³/mol. The summed E-state index contributed by atoms with van der Waals surface area (Å²) in [5.41, 5.74) is 0.885. The molecule has 0 aliphatic carbocycles. The van der Waals surface area contributed by atoms with Crippen LogP contribution in [0.4, 0.5) is 14.9 Å². The summed E-state index contributed by atoms with van der Waals surface area (Å²) < 4.78 is 44.5. The Bertz CT molecular complexity index is 868. The van der Waals surface area contributed by atoms with Crippen molar-refractivity contribution < 1.29 is 27.1 Å². The fraction of sp³-hybridized carbons (Fsp3) is 0.556. The van der Waals surface area contributed by atoms with E-state index in [4.69, 9.17) is 4.74 Å².